The van der Waals surface area contributed by atoms with Crippen LogP contribution in [0, 0.1) is 11.8 Å². The second-order valence-corrected chi connectivity index (χ2v) is 5.90. The van der Waals surface area contributed by atoms with Crippen molar-refractivity contribution in [2.24, 2.45) is 11.8 Å². The predicted octanol–water partition coefficient (Wildman–Crippen LogP) is 4.54. The lowest BCUT2D eigenvalue weighted by Crippen LogP contribution is -2.26. The Hall–Kier alpha value is -0.530. The Balaban J connectivity index is 2.57. The molecule has 0 fully saturated rings. The summed E-state index contributed by atoms with van der Waals surface area (Å²) >= 11 is 6.25. The predicted molar refractivity (Wildman–Crippen MR) is 81.3 cm³/mol. The molecule has 0 spiro atoms. The molecule has 18 heavy (non-hydrogen) atoms. The van der Waals surface area contributed by atoms with Crippen LogP contribution in [0.4, 0.5) is 0 Å². The summed E-state index contributed by atoms with van der Waals surface area (Å²) < 4.78 is 0. The van der Waals surface area contributed by atoms with Gasteiger partial charge in [-0.05, 0) is 55.8 Å². The zero-order chi connectivity index (χ0) is 13.4. The van der Waals surface area contributed by atoms with Gasteiger partial charge in [-0.25, -0.2) is 0 Å². The first-order chi connectivity index (χ1) is 8.63. The van der Waals surface area contributed by atoms with Gasteiger partial charge >= 0.3 is 0 Å². The van der Waals surface area contributed by atoms with Crippen LogP contribution < -0.4 is 5.32 Å². The van der Waals surface area contributed by atoms with Crippen LogP contribution in [0.15, 0.2) is 24.3 Å². The average Bonchev–Trinajstić information content (AvgIpc) is 2.31. The third-order valence-electron chi connectivity index (χ3n) is 3.13. The summed E-state index contributed by atoms with van der Waals surface area (Å²) in [4.78, 5) is 0. The van der Waals surface area contributed by atoms with Crippen molar-refractivity contribution in [3.05, 3.63) is 34.9 Å². The molecule has 0 aliphatic heterocycles. The maximum Gasteiger partial charge on any atom is 0.0438 e. The number of halogens is 1. The molecule has 1 unspecified atom stereocenters. The van der Waals surface area contributed by atoms with Crippen LogP contribution in [-0.2, 0) is 6.42 Å². The molecular weight excluding hydrogens is 242 g/mol. The van der Waals surface area contributed by atoms with E-state index in [2.05, 4.69) is 38.2 Å². The number of hydrogen-bond donors (Lipinski definition) is 1. The highest BCUT2D eigenvalue weighted by molar-refractivity contribution is 6.31. The largest absolute Gasteiger partial charge is 0.316 e. The molecule has 1 N–H and O–H groups in total. The monoisotopic (exact) mass is 267 g/mol. The summed E-state index contributed by atoms with van der Waals surface area (Å²) in [5.74, 6) is 1.41. The van der Waals surface area contributed by atoms with Crippen molar-refractivity contribution in [3.8, 4) is 0 Å². The fourth-order valence-electron chi connectivity index (χ4n) is 2.36. The van der Waals surface area contributed by atoms with Crippen molar-refractivity contribution in [2.75, 3.05) is 13.1 Å². The van der Waals surface area contributed by atoms with Crippen LogP contribution in [0.25, 0.3) is 0 Å². The van der Waals surface area contributed by atoms with Gasteiger partial charge in [0.25, 0.3) is 0 Å². The van der Waals surface area contributed by atoms with Crippen LogP contribution in [0.3, 0.4) is 0 Å². The van der Waals surface area contributed by atoms with Crippen molar-refractivity contribution in [1.82, 2.24) is 5.32 Å². The van der Waals surface area contributed by atoms with E-state index in [0.29, 0.717) is 5.92 Å². The van der Waals surface area contributed by atoms with Crippen LogP contribution in [0.2, 0.25) is 5.02 Å². The fourth-order valence-corrected chi connectivity index (χ4v) is 2.58. The van der Waals surface area contributed by atoms with E-state index < -0.39 is 0 Å². The maximum absolute atomic E-state index is 6.25. The van der Waals surface area contributed by atoms with Gasteiger partial charge in [-0.3, -0.25) is 0 Å². The van der Waals surface area contributed by atoms with E-state index in [4.69, 9.17) is 11.6 Å². The Bertz CT molecular complexity index is 336. The lowest BCUT2D eigenvalue weighted by molar-refractivity contribution is 0.385. The van der Waals surface area contributed by atoms with Gasteiger partial charge < -0.3 is 5.32 Å². The summed E-state index contributed by atoms with van der Waals surface area (Å²) in [6, 6.07) is 8.21. The highest BCUT2D eigenvalue weighted by atomic mass is 35.5. The molecule has 0 aromatic heterocycles. The molecule has 2 heteroatoms. The molecule has 1 nitrogen and oxygen atoms in total. The molecule has 0 radical (unpaired) electrons. The summed E-state index contributed by atoms with van der Waals surface area (Å²) in [6.07, 6.45) is 3.52. The first-order valence-corrected chi connectivity index (χ1v) is 7.45. The highest BCUT2D eigenvalue weighted by Gasteiger charge is 2.13. The summed E-state index contributed by atoms with van der Waals surface area (Å²) in [5.41, 5.74) is 1.28. The van der Waals surface area contributed by atoms with Crippen molar-refractivity contribution in [1.29, 1.82) is 0 Å². The van der Waals surface area contributed by atoms with E-state index in [1.54, 1.807) is 0 Å². The number of rotatable bonds is 8. The lowest BCUT2D eigenvalue weighted by atomic mass is 9.91. The Kier molecular flexibility index (Phi) is 7.38. The summed E-state index contributed by atoms with van der Waals surface area (Å²) in [5, 5.41) is 4.44. The number of benzene rings is 1. The average molecular weight is 268 g/mol. The normalized spacial score (nSPS) is 12.9. The van der Waals surface area contributed by atoms with Crippen molar-refractivity contribution < 1.29 is 0 Å². The van der Waals surface area contributed by atoms with Gasteiger partial charge in [0.05, 0.1) is 0 Å². The Morgan fingerprint density at radius 2 is 1.94 bits per heavy atom. The zero-order valence-electron chi connectivity index (χ0n) is 11.9. The zero-order valence-corrected chi connectivity index (χ0v) is 12.6. The van der Waals surface area contributed by atoms with E-state index >= 15 is 0 Å². The standard InChI is InChI=1S/C16H26ClN/c1-4-9-18-12-14(10-13(2)3)11-15-7-5-6-8-16(15)17/h5-8,13-14,18H,4,9-12H2,1-3H3. The van der Waals surface area contributed by atoms with Gasteiger partial charge in [0, 0.05) is 5.02 Å². The van der Waals surface area contributed by atoms with Crippen LogP contribution >= 0.6 is 11.6 Å². The lowest BCUT2D eigenvalue weighted by Gasteiger charge is -2.20. The minimum Gasteiger partial charge on any atom is -0.316 e. The number of hydrogen-bond acceptors (Lipinski definition) is 1. The van der Waals surface area contributed by atoms with E-state index in [1.807, 2.05) is 12.1 Å². The maximum atomic E-state index is 6.25. The van der Waals surface area contributed by atoms with Crippen LogP contribution in [0.5, 0.6) is 0 Å². The molecule has 1 atom stereocenters. The van der Waals surface area contributed by atoms with Gasteiger partial charge in [-0.1, -0.05) is 50.6 Å². The third-order valence-corrected chi connectivity index (χ3v) is 3.50. The van der Waals surface area contributed by atoms with Gasteiger partial charge in [0.2, 0.25) is 0 Å². The van der Waals surface area contributed by atoms with Crippen molar-refractivity contribution >= 4 is 11.6 Å². The molecule has 0 saturated carbocycles. The van der Waals surface area contributed by atoms with Crippen molar-refractivity contribution in [2.45, 2.75) is 40.0 Å². The Morgan fingerprint density at radius 1 is 1.22 bits per heavy atom. The van der Waals surface area contributed by atoms with Gasteiger partial charge in [0.15, 0.2) is 0 Å². The molecule has 102 valence electrons. The highest BCUT2D eigenvalue weighted by Crippen LogP contribution is 2.22. The van der Waals surface area contributed by atoms with E-state index in [-0.39, 0.29) is 0 Å². The third kappa shape index (κ3) is 5.88. The molecule has 1 rings (SSSR count). The second-order valence-electron chi connectivity index (χ2n) is 5.50. The Morgan fingerprint density at radius 3 is 2.56 bits per heavy atom. The molecule has 1 aromatic rings. The summed E-state index contributed by atoms with van der Waals surface area (Å²) in [6.45, 7) is 8.99. The van der Waals surface area contributed by atoms with Crippen LogP contribution in [0.1, 0.15) is 39.2 Å². The van der Waals surface area contributed by atoms with E-state index in [0.717, 1.165) is 30.5 Å². The van der Waals surface area contributed by atoms with Gasteiger partial charge in [-0.2, -0.15) is 0 Å². The topological polar surface area (TPSA) is 12.0 Å². The van der Waals surface area contributed by atoms with E-state index in [1.165, 1.54) is 18.4 Å². The molecule has 1 aromatic carbocycles. The van der Waals surface area contributed by atoms with Gasteiger partial charge in [0.1, 0.15) is 0 Å². The molecule has 0 bridgehead atoms. The minimum absolute atomic E-state index is 0.677. The molecule has 0 aliphatic carbocycles. The van der Waals surface area contributed by atoms with E-state index in [9.17, 15) is 0 Å². The van der Waals surface area contributed by atoms with Crippen molar-refractivity contribution in [3.63, 3.8) is 0 Å². The fraction of sp³-hybridized carbons (Fsp3) is 0.625. The van der Waals surface area contributed by atoms with Gasteiger partial charge in [-0.15, -0.1) is 0 Å². The van der Waals surface area contributed by atoms with Crippen LogP contribution in [-0.4, -0.2) is 13.1 Å². The number of nitrogens with one attached hydrogen (secondary N) is 1. The summed E-state index contributed by atoms with van der Waals surface area (Å²) in [7, 11) is 0. The molecule has 0 aliphatic rings. The molecule has 0 amide bonds. The first kappa shape index (κ1) is 15.5. The molecule has 0 heterocycles. The molecular formula is C16H26ClN. The second kappa shape index (κ2) is 8.55. The quantitative estimate of drug-likeness (QED) is 0.682. The Labute approximate surface area is 117 Å². The first-order valence-electron chi connectivity index (χ1n) is 7.07. The minimum atomic E-state index is 0.677. The molecule has 0 saturated heterocycles. The SMILES string of the molecule is CCCNCC(Cc1ccccc1Cl)CC(C)C. The smallest absolute Gasteiger partial charge is 0.0438 e.